The van der Waals surface area contributed by atoms with Crippen molar-refractivity contribution in [1.29, 1.82) is 0 Å². The summed E-state index contributed by atoms with van der Waals surface area (Å²) in [5, 5.41) is 5.09. The van der Waals surface area contributed by atoms with Crippen LogP contribution >= 0.6 is 11.8 Å². The van der Waals surface area contributed by atoms with Crippen LogP contribution in [0.3, 0.4) is 0 Å². The highest BCUT2D eigenvalue weighted by Crippen LogP contribution is 2.22. The number of carbonyl (C=O) groups is 2. The lowest BCUT2D eigenvalue weighted by Crippen LogP contribution is -2.50. The van der Waals surface area contributed by atoms with Gasteiger partial charge in [-0.3, -0.25) is 14.5 Å². The van der Waals surface area contributed by atoms with E-state index in [0.29, 0.717) is 39.1 Å². The number of hydrogen-bond donors (Lipinski definition) is 2. The number of piperazine rings is 1. The Kier molecular flexibility index (Phi) is 7.64. The summed E-state index contributed by atoms with van der Waals surface area (Å²) >= 11 is 1.67. The van der Waals surface area contributed by atoms with Gasteiger partial charge in [-0.05, 0) is 41.5 Å². The van der Waals surface area contributed by atoms with Gasteiger partial charge in [-0.2, -0.15) is 0 Å². The monoisotopic (exact) mass is 499 g/mol. The van der Waals surface area contributed by atoms with E-state index in [0.717, 1.165) is 38.5 Å². The van der Waals surface area contributed by atoms with Crippen LogP contribution in [0.1, 0.15) is 11.1 Å². The summed E-state index contributed by atoms with van der Waals surface area (Å²) in [6, 6.07) is 21.8. The zero-order valence-corrected chi connectivity index (χ0v) is 20.8. The molecule has 1 aliphatic rings. The third kappa shape index (κ3) is 6.13. The highest BCUT2D eigenvalue weighted by atomic mass is 32.2. The van der Waals surface area contributed by atoms with E-state index in [4.69, 9.17) is 0 Å². The van der Waals surface area contributed by atoms with Gasteiger partial charge < -0.3 is 15.2 Å². The first-order valence-corrected chi connectivity index (χ1v) is 13.1. The Morgan fingerprint density at radius 1 is 0.972 bits per heavy atom. The van der Waals surface area contributed by atoms with Crippen molar-refractivity contribution in [2.45, 2.75) is 17.2 Å². The maximum Gasteiger partial charge on any atom is 0.238 e. The summed E-state index contributed by atoms with van der Waals surface area (Å²) in [5.41, 5.74) is 4.00. The van der Waals surface area contributed by atoms with Gasteiger partial charge in [0.25, 0.3) is 0 Å². The SMILES string of the molecule is O=C(CN1CCN(C(=O)Cc2c[nH]c3ccccc23)CC1)Nc1cccc(CSc2ccccn2)c1. The molecule has 8 heteroatoms. The third-order valence-electron chi connectivity index (χ3n) is 6.34. The molecule has 1 aliphatic heterocycles. The smallest absolute Gasteiger partial charge is 0.238 e. The average molecular weight is 500 g/mol. The van der Waals surface area contributed by atoms with Crippen molar-refractivity contribution >= 4 is 40.2 Å². The highest BCUT2D eigenvalue weighted by Gasteiger charge is 2.23. The van der Waals surface area contributed by atoms with Crippen molar-refractivity contribution in [3.8, 4) is 0 Å². The molecule has 1 saturated heterocycles. The van der Waals surface area contributed by atoms with Gasteiger partial charge in [0.15, 0.2) is 0 Å². The minimum atomic E-state index is -0.0388. The number of rotatable bonds is 8. The second-order valence-electron chi connectivity index (χ2n) is 8.90. The fraction of sp³-hybridized carbons (Fsp3) is 0.250. The number of H-pyrrole nitrogens is 1. The van der Waals surface area contributed by atoms with Crippen molar-refractivity contribution in [3.63, 3.8) is 0 Å². The van der Waals surface area contributed by atoms with Crippen LogP contribution in [0.15, 0.2) is 84.1 Å². The predicted octanol–water partition coefficient (Wildman–Crippen LogP) is 4.18. The predicted molar refractivity (Wildman–Crippen MR) is 144 cm³/mol. The summed E-state index contributed by atoms with van der Waals surface area (Å²) in [6.07, 6.45) is 4.10. The van der Waals surface area contributed by atoms with Crippen LogP contribution in [-0.4, -0.2) is 64.3 Å². The lowest BCUT2D eigenvalue weighted by Gasteiger charge is -2.34. The van der Waals surface area contributed by atoms with Gasteiger partial charge in [-0.25, -0.2) is 4.98 Å². The maximum atomic E-state index is 12.9. The van der Waals surface area contributed by atoms with Crippen molar-refractivity contribution in [3.05, 3.63) is 90.3 Å². The molecule has 0 atom stereocenters. The number of para-hydroxylation sites is 1. The van der Waals surface area contributed by atoms with Crippen molar-refractivity contribution in [2.24, 2.45) is 0 Å². The molecule has 3 heterocycles. The Labute approximate surface area is 214 Å². The molecule has 0 spiro atoms. The van der Waals surface area contributed by atoms with E-state index in [9.17, 15) is 9.59 Å². The van der Waals surface area contributed by atoms with Gasteiger partial charge in [-0.1, -0.05) is 36.4 Å². The molecule has 0 unspecified atom stereocenters. The van der Waals surface area contributed by atoms with Crippen LogP contribution in [0.5, 0.6) is 0 Å². The normalized spacial score (nSPS) is 14.2. The fourth-order valence-electron chi connectivity index (χ4n) is 4.44. The molecular formula is C28H29N5O2S. The van der Waals surface area contributed by atoms with E-state index in [2.05, 4.69) is 26.3 Å². The maximum absolute atomic E-state index is 12.9. The van der Waals surface area contributed by atoms with Gasteiger partial charge in [0.1, 0.15) is 0 Å². The van der Waals surface area contributed by atoms with E-state index in [-0.39, 0.29) is 11.8 Å². The Balaban J connectivity index is 1.07. The molecule has 36 heavy (non-hydrogen) atoms. The summed E-state index contributed by atoms with van der Waals surface area (Å²) in [6.45, 7) is 2.96. The molecule has 5 rings (SSSR count). The van der Waals surface area contributed by atoms with Crippen LogP contribution < -0.4 is 5.32 Å². The van der Waals surface area contributed by atoms with Gasteiger partial charge in [-0.15, -0.1) is 11.8 Å². The number of benzene rings is 2. The van der Waals surface area contributed by atoms with Gasteiger partial charge >= 0.3 is 0 Å². The standard InChI is InChI=1S/C28H29N5O2S/c34-26(31-23-7-5-6-21(16-23)20-36-27-10-3-4-11-29-27)19-32-12-14-33(15-13-32)28(35)17-22-18-30-25-9-2-1-8-24(22)25/h1-11,16,18,30H,12-15,17,19-20H2,(H,31,34). The lowest BCUT2D eigenvalue weighted by molar-refractivity contribution is -0.132. The van der Waals surface area contributed by atoms with E-state index in [1.807, 2.05) is 71.8 Å². The second kappa shape index (κ2) is 11.4. The summed E-state index contributed by atoms with van der Waals surface area (Å²) in [7, 11) is 0. The van der Waals surface area contributed by atoms with Crippen LogP contribution in [0, 0.1) is 0 Å². The number of nitrogens with one attached hydrogen (secondary N) is 2. The molecule has 0 bridgehead atoms. The van der Waals surface area contributed by atoms with E-state index >= 15 is 0 Å². The summed E-state index contributed by atoms with van der Waals surface area (Å²) in [4.78, 5) is 37.1. The Morgan fingerprint density at radius 2 is 1.81 bits per heavy atom. The number of anilines is 1. The number of hydrogen-bond acceptors (Lipinski definition) is 5. The van der Waals surface area contributed by atoms with E-state index in [1.54, 1.807) is 18.0 Å². The quantitative estimate of drug-likeness (QED) is 0.356. The molecule has 184 valence electrons. The van der Waals surface area contributed by atoms with Crippen LogP contribution in [-0.2, 0) is 21.8 Å². The first-order valence-electron chi connectivity index (χ1n) is 12.1. The molecule has 2 aromatic carbocycles. The topological polar surface area (TPSA) is 81.3 Å². The number of fused-ring (bicyclic) bond motifs is 1. The molecule has 0 aliphatic carbocycles. The molecule has 7 nitrogen and oxygen atoms in total. The van der Waals surface area contributed by atoms with Crippen LogP contribution in [0.2, 0.25) is 0 Å². The Bertz CT molecular complexity index is 1330. The summed E-state index contributed by atoms with van der Waals surface area (Å²) in [5.74, 6) is 0.877. The number of thioether (sulfide) groups is 1. The van der Waals surface area contributed by atoms with Crippen LogP contribution in [0.25, 0.3) is 10.9 Å². The van der Waals surface area contributed by atoms with Crippen molar-refractivity contribution in [2.75, 3.05) is 38.0 Å². The van der Waals surface area contributed by atoms with E-state index < -0.39 is 0 Å². The minimum Gasteiger partial charge on any atom is -0.361 e. The zero-order chi connectivity index (χ0) is 24.7. The average Bonchev–Trinajstić information content (AvgIpc) is 3.31. The second-order valence-corrected chi connectivity index (χ2v) is 9.89. The minimum absolute atomic E-state index is 0.0388. The van der Waals surface area contributed by atoms with Gasteiger partial charge in [0, 0.05) is 60.9 Å². The summed E-state index contributed by atoms with van der Waals surface area (Å²) < 4.78 is 0. The first-order chi connectivity index (χ1) is 17.6. The molecule has 2 amide bonds. The fourth-order valence-corrected chi connectivity index (χ4v) is 5.24. The van der Waals surface area contributed by atoms with Gasteiger partial charge in [0.05, 0.1) is 18.0 Å². The molecule has 2 aromatic heterocycles. The molecular weight excluding hydrogens is 470 g/mol. The zero-order valence-electron chi connectivity index (χ0n) is 20.0. The number of aromatic amines is 1. The molecule has 1 fully saturated rings. The Hall–Kier alpha value is -3.62. The number of carbonyl (C=O) groups excluding carboxylic acids is 2. The number of pyridine rings is 1. The lowest BCUT2D eigenvalue weighted by atomic mass is 10.1. The van der Waals surface area contributed by atoms with Crippen molar-refractivity contribution in [1.82, 2.24) is 19.8 Å². The molecule has 0 radical (unpaired) electrons. The number of aromatic nitrogens is 2. The number of amides is 2. The molecule has 4 aromatic rings. The van der Waals surface area contributed by atoms with Crippen molar-refractivity contribution < 1.29 is 9.59 Å². The van der Waals surface area contributed by atoms with E-state index in [1.165, 1.54) is 0 Å². The third-order valence-corrected chi connectivity index (χ3v) is 7.36. The van der Waals surface area contributed by atoms with Crippen LogP contribution in [0.4, 0.5) is 5.69 Å². The number of nitrogens with zero attached hydrogens (tertiary/aromatic N) is 3. The largest absolute Gasteiger partial charge is 0.361 e. The first kappa shape index (κ1) is 24.1. The highest BCUT2D eigenvalue weighted by molar-refractivity contribution is 7.98. The molecule has 0 saturated carbocycles. The van der Waals surface area contributed by atoms with Gasteiger partial charge in [0.2, 0.25) is 11.8 Å². The Morgan fingerprint density at radius 3 is 2.64 bits per heavy atom. The molecule has 2 N–H and O–H groups in total.